The first-order valence-electron chi connectivity index (χ1n) is 10.8. The van der Waals surface area contributed by atoms with Gasteiger partial charge in [0.05, 0.1) is 6.10 Å². The summed E-state index contributed by atoms with van der Waals surface area (Å²) in [6, 6.07) is 20.7. The number of H-pyrrole nitrogens is 1. The van der Waals surface area contributed by atoms with E-state index in [2.05, 4.69) is 23.3 Å². The van der Waals surface area contributed by atoms with Gasteiger partial charge in [0, 0.05) is 22.1 Å². The number of benzene rings is 3. The molecule has 2 N–H and O–H groups in total. The maximum atomic E-state index is 13.1. The third kappa shape index (κ3) is 4.53. The second kappa shape index (κ2) is 8.49. The van der Waals surface area contributed by atoms with E-state index in [9.17, 15) is 9.50 Å². The van der Waals surface area contributed by atoms with Crippen LogP contribution in [0.4, 0.5) is 4.39 Å². The molecule has 31 heavy (non-hydrogen) atoms. The molecule has 5 rings (SSSR count). The molecule has 0 amide bonds. The Morgan fingerprint density at radius 2 is 1.87 bits per heavy atom. The molecular formula is C27H25ClFNO. The Balaban J connectivity index is 1.21. The van der Waals surface area contributed by atoms with Gasteiger partial charge in [-0.3, -0.25) is 0 Å². The number of fused-ring (bicyclic) bond motifs is 1. The van der Waals surface area contributed by atoms with Crippen LogP contribution in [0.2, 0.25) is 5.02 Å². The zero-order chi connectivity index (χ0) is 21.4. The summed E-state index contributed by atoms with van der Waals surface area (Å²) < 4.78 is 13.1. The van der Waals surface area contributed by atoms with Crippen LogP contribution in [-0.4, -0.2) is 10.1 Å². The summed E-state index contributed by atoms with van der Waals surface area (Å²) >= 11 is 6.16. The quantitative estimate of drug-likeness (QED) is 0.328. The molecule has 4 heteroatoms. The van der Waals surface area contributed by atoms with Crippen molar-refractivity contribution in [2.45, 2.75) is 31.8 Å². The van der Waals surface area contributed by atoms with E-state index in [0.717, 1.165) is 52.9 Å². The zero-order valence-corrected chi connectivity index (χ0v) is 17.9. The van der Waals surface area contributed by atoms with Gasteiger partial charge >= 0.3 is 0 Å². The third-order valence-corrected chi connectivity index (χ3v) is 6.75. The third-order valence-electron chi connectivity index (χ3n) is 6.51. The fourth-order valence-electron chi connectivity index (χ4n) is 4.66. The van der Waals surface area contributed by atoms with Crippen LogP contribution in [0.3, 0.4) is 0 Å². The lowest BCUT2D eigenvalue weighted by Crippen LogP contribution is -2.03. The van der Waals surface area contributed by atoms with Gasteiger partial charge < -0.3 is 10.1 Å². The summed E-state index contributed by atoms with van der Waals surface area (Å²) in [7, 11) is 0. The minimum absolute atomic E-state index is 0.219. The molecular weight excluding hydrogens is 409 g/mol. The van der Waals surface area contributed by atoms with Gasteiger partial charge in [-0.2, -0.15) is 0 Å². The first-order chi connectivity index (χ1) is 15.1. The molecule has 1 heterocycles. The molecule has 1 saturated carbocycles. The van der Waals surface area contributed by atoms with Crippen molar-refractivity contribution in [3.8, 4) is 0 Å². The molecule has 1 aliphatic rings. The molecule has 0 saturated heterocycles. The first-order valence-corrected chi connectivity index (χ1v) is 11.2. The summed E-state index contributed by atoms with van der Waals surface area (Å²) in [6.45, 7) is 0. The van der Waals surface area contributed by atoms with E-state index in [1.165, 1.54) is 23.1 Å². The van der Waals surface area contributed by atoms with Crippen LogP contribution in [0, 0.1) is 17.7 Å². The topological polar surface area (TPSA) is 36.0 Å². The minimum atomic E-state index is -0.435. The number of rotatable bonds is 7. The van der Waals surface area contributed by atoms with Crippen LogP contribution < -0.4 is 0 Å². The van der Waals surface area contributed by atoms with Crippen LogP contribution >= 0.6 is 11.6 Å². The average Bonchev–Trinajstić information content (AvgIpc) is 3.45. The number of aromatic amines is 1. The Morgan fingerprint density at radius 3 is 2.71 bits per heavy atom. The standard InChI is InChI=1S/C27H25ClFNO/c28-22-8-11-26-24(15-22)21(16-30-26)7-6-19-14-25(19)27(31)20-3-1-2-18(13-20)12-17-4-9-23(29)10-5-17/h1-5,8-11,13,15-16,19,25,27,30-31H,6-7,12,14H2. The fraction of sp³-hybridized carbons (Fsp3) is 0.259. The van der Waals surface area contributed by atoms with E-state index in [4.69, 9.17) is 11.6 Å². The van der Waals surface area contributed by atoms with Gasteiger partial charge in [0.1, 0.15) is 5.82 Å². The molecule has 1 fully saturated rings. The summed E-state index contributed by atoms with van der Waals surface area (Å²) in [4.78, 5) is 3.32. The smallest absolute Gasteiger partial charge is 0.123 e. The molecule has 1 aliphatic carbocycles. The predicted octanol–water partition coefficient (Wildman–Crippen LogP) is 6.85. The SMILES string of the molecule is OC(c1cccc(Cc2ccc(F)cc2)c1)C1CC1CCc1c[nH]c2ccc(Cl)cc12. The molecule has 0 aliphatic heterocycles. The Bertz CT molecular complexity index is 1200. The monoisotopic (exact) mass is 433 g/mol. The predicted molar refractivity (Wildman–Crippen MR) is 124 cm³/mol. The molecule has 1 aromatic heterocycles. The van der Waals surface area contributed by atoms with Crippen molar-refractivity contribution in [2.75, 3.05) is 0 Å². The Hall–Kier alpha value is -2.62. The number of aliphatic hydroxyl groups is 1. The van der Waals surface area contributed by atoms with E-state index in [0.29, 0.717) is 11.8 Å². The van der Waals surface area contributed by atoms with Crippen molar-refractivity contribution in [3.05, 3.63) is 106 Å². The van der Waals surface area contributed by atoms with E-state index >= 15 is 0 Å². The van der Waals surface area contributed by atoms with E-state index in [1.54, 1.807) is 0 Å². The highest BCUT2D eigenvalue weighted by Crippen LogP contribution is 2.50. The van der Waals surface area contributed by atoms with Crippen molar-refractivity contribution in [1.82, 2.24) is 4.98 Å². The number of aliphatic hydroxyl groups excluding tert-OH is 1. The molecule has 0 spiro atoms. The number of aryl methyl sites for hydroxylation is 1. The van der Waals surface area contributed by atoms with Gasteiger partial charge in [0.15, 0.2) is 0 Å². The number of aromatic nitrogens is 1. The largest absolute Gasteiger partial charge is 0.388 e. The van der Waals surface area contributed by atoms with E-state index in [-0.39, 0.29) is 5.82 Å². The summed E-state index contributed by atoms with van der Waals surface area (Å²) in [5, 5.41) is 12.9. The molecule has 4 aromatic rings. The lowest BCUT2D eigenvalue weighted by molar-refractivity contribution is 0.146. The number of hydrogen-bond acceptors (Lipinski definition) is 1. The van der Waals surface area contributed by atoms with Crippen molar-refractivity contribution >= 4 is 22.5 Å². The van der Waals surface area contributed by atoms with Crippen molar-refractivity contribution in [2.24, 2.45) is 11.8 Å². The number of hydrogen-bond donors (Lipinski definition) is 2. The highest BCUT2D eigenvalue weighted by molar-refractivity contribution is 6.31. The van der Waals surface area contributed by atoms with E-state index < -0.39 is 6.10 Å². The normalized spacial score (nSPS) is 18.9. The van der Waals surface area contributed by atoms with Crippen LogP contribution in [0.1, 0.15) is 41.2 Å². The van der Waals surface area contributed by atoms with Crippen LogP contribution in [0.25, 0.3) is 10.9 Å². The van der Waals surface area contributed by atoms with Gasteiger partial charge in [-0.1, -0.05) is 48.0 Å². The second-order valence-electron chi connectivity index (χ2n) is 8.70. The number of halogens is 2. The lowest BCUT2D eigenvalue weighted by Gasteiger charge is -2.13. The molecule has 0 bridgehead atoms. The van der Waals surface area contributed by atoms with Crippen molar-refractivity contribution in [3.63, 3.8) is 0 Å². The second-order valence-corrected chi connectivity index (χ2v) is 9.13. The maximum Gasteiger partial charge on any atom is 0.123 e. The summed E-state index contributed by atoms with van der Waals surface area (Å²) in [5.74, 6) is 0.637. The highest BCUT2D eigenvalue weighted by Gasteiger charge is 2.42. The minimum Gasteiger partial charge on any atom is -0.388 e. The molecule has 158 valence electrons. The summed E-state index contributed by atoms with van der Waals surface area (Å²) in [5.41, 5.74) is 5.59. The van der Waals surface area contributed by atoms with Gasteiger partial charge in [-0.15, -0.1) is 0 Å². The molecule has 3 atom stereocenters. The lowest BCUT2D eigenvalue weighted by atomic mass is 9.97. The first kappa shape index (κ1) is 20.3. The van der Waals surface area contributed by atoms with Gasteiger partial charge in [0.2, 0.25) is 0 Å². The highest BCUT2D eigenvalue weighted by atomic mass is 35.5. The molecule has 3 aromatic carbocycles. The summed E-state index contributed by atoms with van der Waals surface area (Å²) in [6.07, 6.45) is 5.49. The van der Waals surface area contributed by atoms with E-state index in [1.807, 2.05) is 42.5 Å². The van der Waals surface area contributed by atoms with Crippen molar-refractivity contribution in [1.29, 1.82) is 0 Å². The van der Waals surface area contributed by atoms with Gasteiger partial charge in [-0.05, 0) is 90.1 Å². The molecule has 2 nitrogen and oxygen atoms in total. The molecule has 0 radical (unpaired) electrons. The zero-order valence-electron chi connectivity index (χ0n) is 17.2. The van der Waals surface area contributed by atoms with Crippen LogP contribution in [0.15, 0.2) is 72.9 Å². The Morgan fingerprint density at radius 1 is 1.03 bits per heavy atom. The fourth-order valence-corrected chi connectivity index (χ4v) is 4.83. The average molecular weight is 434 g/mol. The Labute approximate surface area is 186 Å². The van der Waals surface area contributed by atoms with Gasteiger partial charge in [-0.25, -0.2) is 4.39 Å². The van der Waals surface area contributed by atoms with Gasteiger partial charge in [0.25, 0.3) is 0 Å². The molecule has 3 unspecified atom stereocenters. The van der Waals surface area contributed by atoms with Crippen LogP contribution in [-0.2, 0) is 12.8 Å². The number of nitrogens with one attached hydrogen (secondary N) is 1. The Kier molecular flexibility index (Phi) is 5.56. The maximum absolute atomic E-state index is 13.1. The van der Waals surface area contributed by atoms with Crippen molar-refractivity contribution < 1.29 is 9.50 Å². The van der Waals surface area contributed by atoms with Crippen LogP contribution in [0.5, 0.6) is 0 Å².